The molecule has 0 aromatic heterocycles. The van der Waals surface area contributed by atoms with Gasteiger partial charge in [-0.05, 0) is 25.5 Å². The molecule has 1 aliphatic heterocycles. The lowest BCUT2D eigenvalue weighted by Gasteiger charge is -2.20. The largest absolute Gasteiger partial charge is 0.295 e. The van der Waals surface area contributed by atoms with Crippen LogP contribution in [0.1, 0.15) is 18.4 Å². The minimum absolute atomic E-state index is 0.139. The van der Waals surface area contributed by atoms with Crippen molar-refractivity contribution in [1.29, 1.82) is 0 Å². The van der Waals surface area contributed by atoms with E-state index < -0.39 is 0 Å². The van der Waals surface area contributed by atoms with Crippen LogP contribution in [0.3, 0.4) is 0 Å². The van der Waals surface area contributed by atoms with Crippen molar-refractivity contribution in [1.82, 2.24) is 5.32 Å². The molecule has 0 bridgehead atoms. The van der Waals surface area contributed by atoms with Crippen LogP contribution in [0, 0.1) is 6.92 Å². The second kappa shape index (κ2) is 4.70. The maximum absolute atomic E-state index is 11.5. The average molecular weight is 235 g/mol. The average Bonchev–Trinajstić information content (AvgIpc) is 2.22. The second-order valence-electron chi connectivity index (χ2n) is 3.87. The van der Waals surface area contributed by atoms with Crippen molar-refractivity contribution in [3.63, 3.8) is 0 Å². The number of piperidine rings is 1. The summed E-state index contributed by atoms with van der Waals surface area (Å²) in [5.74, 6) is -0.325. The first-order valence-corrected chi connectivity index (χ1v) is 6.10. The summed E-state index contributed by atoms with van der Waals surface area (Å²) in [6.45, 7) is 2.02. The number of carbonyl (C=O) groups excluding carboxylic acids is 2. The molecular formula is C12H13NO2S. The number of aryl methyl sites for hydroxylation is 1. The Labute approximate surface area is 98.6 Å². The van der Waals surface area contributed by atoms with E-state index in [1.54, 1.807) is 0 Å². The molecule has 2 amide bonds. The van der Waals surface area contributed by atoms with E-state index in [2.05, 4.69) is 5.32 Å². The van der Waals surface area contributed by atoms with Gasteiger partial charge in [0.1, 0.15) is 0 Å². The maximum Gasteiger partial charge on any atom is 0.240 e. The fourth-order valence-corrected chi connectivity index (χ4v) is 2.78. The molecule has 1 heterocycles. The molecule has 4 heteroatoms. The molecule has 16 heavy (non-hydrogen) atoms. The van der Waals surface area contributed by atoms with Crippen LogP contribution in [-0.4, -0.2) is 17.1 Å². The van der Waals surface area contributed by atoms with E-state index in [9.17, 15) is 9.59 Å². The van der Waals surface area contributed by atoms with E-state index in [1.165, 1.54) is 17.3 Å². The molecule has 1 unspecified atom stereocenters. The van der Waals surface area contributed by atoms with Gasteiger partial charge >= 0.3 is 0 Å². The Balaban J connectivity index is 2.05. The molecule has 0 aliphatic carbocycles. The van der Waals surface area contributed by atoms with Gasteiger partial charge in [0.05, 0.1) is 5.25 Å². The van der Waals surface area contributed by atoms with E-state index in [-0.39, 0.29) is 17.1 Å². The van der Waals surface area contributed by atoms with E-state index in [0.717, 1.165) is 4.90 Å². The van der Waals surface area contributed by atoms with Crippen molar-refractivity contribution in [2.75, 3.05) is 0 Å². The molecule has 1 saturated heterocycles. The Morgan fingerprint density at radius 2 is 2.19 bits per heavy atom. The highest BCUT2D eigenvalue weighted by atomic mass is 32.2. The van der Waals surface area contributed by atoms with Gasteiger partial charge in [0.25, 0.3) is 0 Å². The van der Waals surface area contributed by atoms with Crippen LogP contribution in [0.15, 0.2) is 29.2 Å². The first-order valence-electron chi connectivity index (χ1n) is 5.22. The second-order valence-corrected chi connectivity index (χ2v) is 5.15. The summed E-state index contributed by atoms with van der Waals surface area (Å²) in [6.07, 6.45) is 1.07. The molecule has 2 rings (SSSR count). The number of amides is 2. The monoisotopic (exact) mass is 235 g/mol. The lowest BCUT2D eigenvalue weighted by Crippen LogP contribution is -2.42. The highest BCUT2D eigenvalue weighted by Crippen LogP contribution is 2.28. The minimum atomic E-state index is -0.164. The summed E-state index contributed by atoms with van der Waals surface area (Å²) < 4.78 is 0. The van der Waals surface area contributed by atoms with E-state index in [1.807, 2.05) is 31.2 Å². The van der Waals surface area contributed by atoms with Crippen LogP contribution < -0.4 is 5.32 Å². The molecule has 0 radical (unpaired) electrons. The number of hydrogen-bond donors (Lipinski definition) is 1. The van der Waals surface area contributed by atoms with Gasteiger partial charge in [-0.1, -0.05) is 17.7 Å². The first kappa shape index (κ1) is 11.2. The number of benzene rings is 1. The molecule has 1 atom stereocenters. The Morgan fingerprint density at radius 1 is 1.38 bits per heavy atom. The van der Waals surface area contributed by atoms with Crippen molar-refractivity contribution in [2.45, 2.75) is 29.9 Å². The summed E-state index contributed by atoms with van der Waals surface area (Å²) in [5.41, 5.74) is 1.18. The van der Waals surface area contributed by atoms with Gasteiger partial charge in [-0.2, -0.15) is 0 Å². The van der Waals surface area contributed by atoms with Gasteiger partial charge in [-0.25, -0.2) is 0 Å². The smallest absolute Gasteiger partial charge is 0.240 e. The molecule has 3 nitrogen and oxygen atoms in total. The third-order valence-corrected chi connectivity index (χ3v) is 3.72. The van der Waals surface area contributed by atoms with E-state index in [0.29, 0.717) is 12.8 Å². The molecule has 1 aliphatic rings. The molecule has 1 fully saturated rings. The van der Waals surface area contributed by atoms with Crippen LogP contribution in [0.4, 0.5) is 0 Å². The standard InChI is InChI=1S/C12H13NO2S/c1-8-3-2-4-9(7-8)16-10-5-6-11(14)13-12(10)15/h2-4,7,10H,5-6H2,1H3,(H,13,14,15). The third kappa shape index (κ3) is 2.64. The lowest BCUT2D eigenvalue weighted by molar-refractivity contribution is -0.132. The van der Waals surface area contributed by atoms with Gasteiger partial charge < -0.3 is 0 Å². The highest BCUT2D eigenvalue weighted by molar-refractivity contribution is 8.00. The van der Waals surface area contributed by atoms with Crippen molar-refractivity contribution in [2.24, 2.45) is 0 Å². The number of thioether (sulfide) groups is 1. The topological polar surface area (TPSA) is 46.2 Å². The van der Waals surface area contributed by atoms with Crippen LogP contribution in [-0.2, 0) is 9.59 Å². The number of imide groups is 1. The van der Waals surface area contributed by atoms with Gasteiger partial charge in [0.2, 0.25) is 11.8 Å². The minimum Gasteiger partial charge on any atom is -0.295 e. The van der Waals surface area contributed by atoms with Crippen LogP contribution >= 0.6 is 11.8 Å². The summed E-state index contributed by atoms with van der Waals surface area (Å²) >= 11 is 1.52. The van der Waals surface area contributed by atoms with Crippen molar-refractivity contribution >= 4 is 23.6 Å². The number of hydrogen-bond acceptors (Lipinski definition) is 3. The van der Waals surface area contributed by atoms with E-state index >= 15 is 0 Å². The fourth-order valence-electron chi connectivity index (χ4n) is 1.64. The quantitative estimate of drug-likeness (QED) is 0.796. The summed E-state index contributed by atoms with van der Waals surface area (Å²) in [7, 11) is 0. The Morgan fingerprint density at radius 3 is 2.88 bits per heavy atom. The molecule has 0 spiro atoms. The number of carbonyl (C=O) groups is 2. The Bertz CT molecular complexity index is 431. The van der Waals surface area contributed by atoms with Crippen molar-refractivity contribution in [3.05, 3.63) is 29.8 Å². The highest BCUT2D eigenvalue weighted by Gasteiger charge is 2.27. The normalized spacial score (nSPS) is 20.7. The van der Waals surface area contributed by atoms with Gasteiger partial charge in [-0.3, -0.25) is 14.9 Å². The SMILES string of the molecule is Cc1cccc(SC2CCC(=O)NC2=O)c1. The summed E-state index contributed by atoms with van der Waals surface area (Å²) in [4.78, 5) is 23.6. The summed E-state index contributed by atoms with van der Waals surface area (Å²) in [6, 6.07) is 8.04. The Hall–Kier alpha value is -1.29. The van der Waals surface area contributed by atoms with Crippen molar-refractivity contribution in [3.8, 4) is 0 Å². The molecular weight excluding hydrogens is 222 g/mol. The predicted molar refractivity (Wildman–Crippen MR) is 63.2 cm³/mol. The summed E-state index contributed by atoms with van der Waals surface area (Å²) in [5, 5.41) is 2.23. The van der Waals surface area contributed by atoms with Crippen LogP contribution in [0.25, 0.3) is 0 Å². The molecule has 1 aromatic carbocycles. The van der Waals surface area contributed by atoms with Crippen LogP contribution in [0.2, 0.25) is 0 Å². The molecule has 84 valence electrons. The zero-order valence-electron chi connectivity index (χ0n) is 9.03. The molecule has 1 N–H and O–H groups in total. The number of rotatable bonds is 2. The number of nitrogens with one attached hydrogen (secondary N) is 1. The lowest BCUT2D eigenvalue weighted by atomic mass is 10.1. The third-order valence-electron chi connectivity index (χ3n) is 2.46. The van der Waals surface area contributed by atoms with E-state index in [4.69, 9.17) is 0 Å². The predicted octanol–water partition coefficient (Wildman–Crippen LogP) is 1.89. The van der Waals surface area contributed by atoms with Crippen molar-refractivity contribution < 1.29 is 9.59 Å². The van der Waals surface area contributed by atoms with Crippen LogP contribution in [0.5, 0.6) is 0 Å². The van der Waals surface area contributed by atoms with Gasteiger partial charge in [0.15, 0.2) is 0 Å². The zero-order chi connectivity index (χ0) is 11.5. The first-order chi connectivity index (χ1) is 7.65. The molecule has 1 aromatic rings. The molecule has 0 saturated carbocycles. The zero-order valence-corrected chi connectivity index (χ0v) is 9.84. The maximum atomic E-state index is 11.5. The fraction of sp³-hybridized carbons (Fsp3) is 0.333. The Kier molecular flexibility index (Phi) is 3.29. The van der Waals surface area contributed by atoms with Gasteiger partial charge in [-0.15, -0.1) is 11.8 Å². The van der Waals surface area contributed by atoms with Gasteiger partial charge in [0, 0.05) is 11.3 Å².